The molecule has 1 aromatic carbocycles. The smallest absolute Gasteiger partial charge is 0.223 e. The quantitative estimate of drug-likeness (QED) is 0.634. The monoisotopic (exact) mass is 325 g/mol. The number of benzene rings is 1. The van der Waals surface area contributed by atoms with Gasteiger partial charge in [-0.05, 0) is 24.8 Å². The third-order valence-electron chi connectivity index (χ3n) is 3.57. The second-order valence-electron chi connectivity index (χ2n) is 5.49. The largest absolute Gasteiger partial charge is 0.356 e. The van der Waals surface area contributed by atoms with Gasteiger partial charge >= 0.3 is 0 Å². The molecule has 0 heterocycles. The summed E-state index contributed by atoms with van der Waals surface area (Å²) in [5, 5.41) is 5.67. The molecule has 4 N–H and O–H groups in total. The lowest BCUT2D eigenvalue weighted by Crippen LogP contribution is -2.32. The number of hydrogen-bond acceptors (Lipinski definition) is 3. The zero-order valence-corrected chi connectivity index (χ0v) is 13.4. The number of carbonyl (C=O) groups excluding carboxylic acids is 2. The van der Waals surface area contributed by atoms with E-state index >= 15 is 0 Å². The van der Waals surface area contributed by atoms with Crippen LogP contribution in [-0.2, 0) is 9.59 Å². The summed E-state index contributed by atoms with van der Waals surface area (Å²) in [6.07, 6.45) is 3.07. The van der Waals surface area contributed by atoms with E-state index in [1.54, 1.807) is 0 Å². The fourth-order valence-electron chi connectivity index (χ4n) is 2.08. The molecule has 0 spiro atoms. The predicted molar refractivity (Wildman–Crippen MR) is 88.6 cm³/mol. The summed E-state index contributed by atoms with van der Waals surface area (Å²) in [6, 6.07) is 9.50. The van der Waals surface area contributed by atoms with Gasteiger partial charge in [0.1, 0.15) is 0 Å². The van der Waals surface area contributed by atoms with Crippen LogP contribution in [0.25, 0.3) is 0 Å². The van der Waals surface area contributed by atoms with Crippen LogP contribution in [0, 0.1) is 5.92 Å². The number of carbonyl (C=O) groups is 2. The first kappa shape index (κ1) is 18.5. The SMILES string of the molecule is Cl.NC(CNC(=O)CCCNC(=O)C1CC1)c1ccccc1. The highest BCUT2D eigenvalue weighted by molar-refractivity contribution is 5.85. The van der Waals surface area contributed by atoms with Gasteiger partial charge in [0.2, 0.25) is 11.8 Å². The molecule has 1 aliphatic carbocycles. The van der Waals surface area contributed by atoms with Gasteiger partial charge in [-0.25, -0.2) is 0 Å². The van der Waals surface area contributed by atoms with Gasteiger partial charge in [0.15, 0.2) is 0 Å². The molecule has 1 unspecified atom stereocenters. The third-order valence-corrected chi connectivity index (χ3v) is 3.57. The van der Waals surface area contributed by atoms with Gasteiger partial charge in [-0.2, -0.15) is 0 Å². The van der Waals surface area contributed by atoms with Crippen LogP contribution in [0.2, 0.25) is 0 Å². The van der Waals surface area contributed by atoms with Gasteiger partial charge in [0.25, 0.3) is 0 Å². The van der Waals surface area contributed by atoms with Crippen LogP contribution in [0.15, 0.2) is 30.3 Å². The van der Waals surface area contributed by atoms with Crippen LogP contribution in [0.5, 0.6) is 0 Å². The van der Waals surface area contributed by atoms with E-state index in [1.165, 1.54) is 0 Å². The Morgan fingerprint density at radius 1 is 1.18 bits per heavy atom. The summed E-state index contributed by atoms with van der Waals surface area (Å²) in [6.45, 7) is 0.991. The number of hydrogen-bond donors (Lipinski definition) is 3. The average molecular weight is 326 g/mol. The summed E-state index contributed by atoms with van der Waals surface area (Å²) < 4.78 is 0. The Balaban J connectivity index is 0.00000242. The van der Waals surface area contributed by atoms with Crippen molar-refractivity contribution in [1.82, 2.24) is 10.6 Å². The van der Waals surface area contributed by atoms with Gasteiger partial charge in [0, 0.05) is 31.5 Å². The van der Waals surface area contributed by atoms with Crippen molar-refractivity contribution in [3.63, 3.8) is 0 Å². The maximum Gasteiger partial charge on any atom is 0.223 e. The minimum Gasteiger partial charge on any atom is -0.356 e. The first-order valence-electron chi connectivity index (χ1n) is 7.52. The van der Waals surface area contributed by atoms with E-state index < -0.39 is 0 Å². The molecular weight excluding hydrogens is 302 g/mol. The minimum atomic E-state index is -0.190. The van der Waals surface area contributed by atoms with E-state index in [0.29, 0.717) is 25.9 Å². The Hall–Kier alpha value is -1.59. The molecule has 1 saturated carbocycles. The number of amides is 2. The lowest BCUT2D eigenvalue weighted by atomic mass is 10.1. The zero-order chi connectivity index (χ0) is 15.1. The molecule has 6 heteroatoms. The fourth-order valence-corrected chi connectivity index (χ4v) is 2.08. The molecule has 2 rings (SSSR count). The second-order valence-corrected chi connectivity index (χ2v) is 5.49. The van der Waals surface area contributed by atoms with Crippen LogP contribution in [-0.4, -0.2) is 24.9 Å². The molecule has 0 radical (unpaired) electrons. The lowest BCUT2D eigenvalue weighted by molar-refractivity contribution is -0.123. The van der Waals surface area contributed by atoms with Crippen molar-refractivity contribution >= 4 is 24.2 Å². The van der Waals surface area contributed by atoms with Crippen molar-refractivity contribution in [2.45, 2.75) is 31.7 Å². The van der Waals surface area contributed by atoms with Crippen LogP contribution < -0.4 is 16.4 Å². The first-order valence-corrected chi connectivity index (χ1v) is 7.52. The molecule has 1 aromatic rings. The average Bonchev–Trinajstić information content (AvgIpc) is 3.34. The molecule has 0 saturated heterocycles. The first-order chi connectivity index (χ1) is 10.2. The maximum atomic E-state index is 11.7. The predicted octanol–water partition coefficient (Wildman–Crippen LogP) is 1.53. The Morgan fingerprint density at radius 2 is 1.86 bits per heavy atom. The lowest BCUT2D eigenvalue weighted by Gasteiger charge is -2.13. The third kappa shape index (κ3) is 6.45. The Bertz CT molecular complexity index is 478. The highest BCUT2D eigenvalue weighted by Crippen LogP contribution is 2.28. The number of nitrogens with one attached hydrogen (secondary N) is 2. The van der Waals surface area contributed by atoms with E-state index in [0.717, 1.165) is 18.4 Å². The molecule has 0 aliphatic heterocycles. The van der Waals surface area contributed by atoms with Crippen molar-refractivity contribution in [3.8, 4) is 0 Å². The summed E-state index contributed by atoms with van der Waals surface area (Å²) in [4.78, 5) is 23.1. The number of rotatable bonds is 8. The topological polar surface area (TPSA) is 84.2 Å². The molecule has 22 heavy (non-hydrogen) atoms. The Morgan fingerprint density at radius 3 is 2.50 bits per heavy atom. The van der Waals surface area contributed by atoms with Crippen molar-refractivity contribution in [1.29, 1.82) is 0 Å². The number of nitrogens with two attached hydrogens (primary N) is 1. The van der Waals surface area contributed by atoms with E-state index in [9.17, 15) is 9.59 Å². The van der Waals surface area contributed by atoms with E-state index in [1.807, 2.05) is 30.3 Å². The van der Waals surface area contributed by atoms with Crippen molar-refractivity contribution in [2.24, 2.45) is 11.7 Å². The molecule has 2 amide bonds. The van der Waals surface area contributed by atoms with Crippen molar-refractivity contribution < 1.29 is 9.59 Å². The van der Waals surface area contributed by atoms with E-state index in [2.05, 4.69) is 10.6 Å². The molecule has 122 valence electrons. The molecule has 0 bridgehead atoms. The molecule has 0 aromatic heterocycles. The Kier molecular flexibility index (Phi) is 7.91. The summed E-state index contributed by atoms with van der Waals surface area (Å²) in [5.41, 5.74) is 7.02. The van der Waals surface area contributed by atoms with Crippen LogP contribution in [0.3, 0.4) is 0 Å². The summed E-state index contributed by atoms with van der Waals surface area (Å²) >= 11 is 0. The number of halogens is 1. The van der Waals surface area contributed by atoms with Crippen molar-refractivity contribution in [3.05, 3.63) is 35.9 Å². The molecule has 1 fully saturated rings. The van der Waals surface area contributed by atoms with Gasteiger partial charge in [-0.15, -0.1) is 12.4 Å². The van der Waals surface area contributed by atoms with Crippen LogP contribution in [0.1, 0.15) is 37.3 Å². The molecule has 5 nitrogen and oxygen atoms in total. The van der Waals surface area contributed by atoms with Crippen molar-refractivity contribution in [2.75, 3.05) is 13.1 Å². The molecule has 1 atom stereocenters. The van der Waals surface area contributed by atoms with Gasteiger partial charge in [-0.1, -0.05) is 30.3 Å². The summed E-state index contributed by atoms with van der Waals surface area (Å²) in [7, 11) is 0. The fraction of sp³-hybridized carbons (Fsp3) is 0.500. The van der Waals surface area contributed by atoms with Crippen LogP contribution in [0.4, 0.5) is 0 Å². The van der Waals surface area contributed by atoms with Gasteiger partial charge in [-0.3, -0.25) is 9.59 Å². The normalized spacial score (nSPS) is 14.6. The highest BCUT2D eigenvalue weighted by atomic mass is 35.5. The molecule has 1 aliphatic rings. The second kappa shape index (κ2) is 9.43. The Labute approximate surface area is 137 Å². The van der Waals surface area contributed by atoms with E-state index in [-0.39, 0.29) is 36.2 Å². The minimum absolute atomic E-state index is 0. The zero-order valence-electron chi connectivity index (χ0n) is 12.6. The maximum absolute atomic E-state index is 11.7. The highest BCUT2D eigenvalue weighted by Gasteiger charge is 2.28. The van der Waals surface area contributed by atoms with Crippen LogP contribution >= 0.6 is 12.4 Å². The molecular formula is C16H24ClN3O2. The standard InChI is InChI=1S/C16H23N3O2.ClH/c17-14(12-5-2-1-3-6-12)11-19-15(20)7-4-10-18-16(21)13-8-9-13;/h1-3,5-6,13-14H,4,7-11,17H2,(H,18,21)(H,19,20);1H. The van der Waals surface area contributed by atoms with E-state index in [4.69, 9.17) is 5.73 Å². The van der Waals surface area contributed by atoms with Gasteiger partial charge < -0.3 is 16.4 Å². The summed E-state index contributed by atoms with van der Waals surface area (Å²) in [5.74, 6) is 0.325. The van der Waals surface area contributed by atoms with Gasteiger partial charge in [0.05, 0.1) is 0 Å².